The van der Waals surface area contributed by atoms with E-state index in [9.17, 15) is 9.18 Å². The molecular formula is C9H7FN2O. The lowest BCUT2D eigenvalue weighted by Gasteiger charge is -1.96. The third kappa shape index (κ3) is 2.49. The molecule has 66 valence electrons. The molecule has 0 atom stereocenters. The first-order valence-electron chi connectivity index (χ1n) is 3.46. The van der Waals surface area contributed by atoms with Gasteiger partial charge in [0.1, 0.15) is 5.82 Å². The molecule has 1 amide bonds. The molecule has 13 heavy (non-hydrogen) atoms. The molecule has 1 aromatic rings. The zero-order chi connectivity index (χ0) is 9.84. The Morgan fingerprint density at radius 1 is 1.46 bits per heavy atom. The summed E-state index contributed by atoms with van der Waals surface area (Å²) in [5.74, 6) is 3.21. The number of carbonyl (C=O) groups is 1. The highest BCUT2D eigenvalue weighted by atomic mass is 19.1. The highest BCUT2D eigenvalue weighted by Crippen LogP contribution is 2.11. The van der Waals surface area contributed by atoms with Crippen molar-refractivity contribution in [2.45, 2.75) is 0 Å². The number of benzene rings is 1. The monoisotopic (exact) mass is 178 g/mol. The van der Waals surface area contributed by atoms with Gasteiger partial charge in [-0.2, -0.15) is 0 Å². The lowest BCUT2D eigenvalue weighted by atomic mass is 10.2. The number of halogens is 1. The molecular weight excluding hydrogens is 171 g/mol. The van der Waals surface area contributed by atoms with Crippen LogP contribution in [0.15, 0.2) is 18.2 Å². The molecule has 3 nitrogen and oxygen atoms in total. The number of primary amides is 1. The lowest BCUT2D eigenvalue weighted by Crippen LogP contribution is -2.06. The number of anilines is 1. The molecule has 0 unspecified atom stereocenters. The van der Waals surface area contributed by atoms with E-state index in [0.29, 0.717) is 5.69 Å². The van der Waals surface area contributed by atoms with Gasteiger partial charge in [0.2, 0.25) is 0 Å². The summed E-state index contributed by atoms with van der Waals surface area (Å²) in [6.07, 6.45) is 0. The molecule has 0 saturated carbocycles. The first-order valence-corrected chi connectivity index (χ1v) is 3.46. The van der Waals surface area contributed by atoms with Gasteiger partial charge in [-0.25, -0.2) is 4.39 Å². The SMILES string of the molecule is NC(=O)C#Cc1cc(F)ccc1N. The van der Waals surface area contributed by atoms with Crippen LogP contribution >= 0.6 is 0 Å². The highest BCUT2D eigenvalue weighted by molar-refractivity contribution is 5.92. The van der Waals surface area contributed by atoms with Gasteiger partial charge in [-0.1, -0.05) is 5.92 Å². The van der Waals surface area contributed by atoms with Crippen molar-refractivity contribution in [2.24, 2.45) is 5.73 Å². The fourth-order valence-corrected chi connectivity index (χ4v) is 0.766. The minimum absolute atomic E-state index is 0.263. The molecule has 0 aliphatic heterocycles. The van der Waals surface area contributed by atoms with Crippen molar-refractivity contribution in [3.8, 4) is 11.8 Å². The molecule has 0 spiro atoms. The maximum absolute atomic E-state index is 12.6. The minimum Gasteiger partial charge on any atom is -0.398 e. The largest absolute Gasteiger partial charge is 0.398 e. The Bertz CT molecular complexity index is 404. The van der Waals surface area contributed by atoms with Crippen LogP contribution in [0.3, 0.4) is 0 Å². The molecule has 0 saturated heterocycles. The van der Waals surface area contributed by atoms with Gasteiger partial charge in [-0.05, 0) is 18.2 Å². The second-order valence-electron chi connectivity index (χ2n) is 2.35. The van der Waals surface area contributed by atoms with Gasteiger partial charge >= 0.3 is 0 Å². The van der Waals surface area contributed by atoms with Gasteiger partial charge in [0.05, 0.1) is 5.56 Å². The van der Waals surface area contributed by atoms with E-state index in [2.05, 4.69) is 11.8 Å². The lowest BCUT2D eigenvalue weighted by molar-refractivity contribution is -0.112. The Morgan fingerprint density at radius 3 is 2.77 bits per heavy atom. The van der Waals surface area contributed by atoms with E-state index in [-0.39, 0.29) is 5.56 Å². The minimum atomic E-state index is -0.774. The van der Waals surface area contributed by atoms with Gasteiger partial charge in [0.25, 0.3) is 5.91 Å². The molecule has 1 aromatic carbocycles. The fourth-order valence-electron chi connectivity index (χ4n) is 0.766. The average molecular weight is 178 g/mol. The van der Waals surface area contributed by atoms with E-state index >= 15 is 0 Å². The van der Waals surface area contributed by atoms with Crippen LogP contribution in [0.1, 0.15) is 5.56 Å². The van der Waals surface area contributed by atoms with Crippen molar-refractivity contribution in [2.75, 3.05) is 5.73 Å². The van der Waals surface area contributed by atoms with E-state index in [1.54, 1.807) is 0 Å². The van der Waals surface area contributed by atoms with E-state index in [1.807, 2.05) is 0 Å². The fraction of sp³-hybridized carbons (Fsp3) is 0. The van der Waals surface area contributed by atoms with E-state index in [0.717, 1.165) is 6.07 Å². The van der Waals surface area contributed by atoms with Crippen molar-refractivity contribution in [1.82, 2.24) is 0 Å². The Hall–Kier alpha value is -2.02. The van der Waals surface area contributed by atoms with E-state index in [1.165, 1.54) is 12.1 Å². The maximum atomic E-state index is 12.6. The number of hydrogen-bond acceptors (Lipinski definition) is 2. The van der Waals surface area contributed by atoms with Gasteiger partial charge in [0, 0.05) is 11.6 Å². The molecule has 0 heterocycles. The van der Waals surface area contributed by atoms with Crippen LogP contribution in [0, 0.1) is 17.7 Å². The maximum Gasteiger partial charge on any atom is 0.293 e. The molecule has 4 N–H and O–H groups in total. The highest BCUT2D eigenvalue weighted by Gasteiger charge is 1.97. The summed E-state index contributed by atoms with van der Waals surface area (Å²) >= 11 is 0. The number of hydrogen-bond donors (Lipinski definition) is 2. The summed E-state index contributed by atoms with van der Waals surface area (Å²) in [6, 6.07) is 3.73. The van der Waals surface area contributed by atoms with Gasteiger partial charge in [-0.3, -0.25) is 4.79 Å². The van der Waals surface area contributed by atoms with Crippen LogP contribution < -0.4 is 11.5 Å². The smallest absolute Gasteiger partial charge is 0.293 e. The Balaban J connectivity index is 3.09. The van der Waals surface area contributed by atoms with Crippen LogP contribution in [0.4, 0.5) is 10.1 Å². The number of nitrogens with two attached hydrogens (primary N) is 2. The topological polar surface area (TPSA) is 69.1 Å². The predicted octanol–water partition coefficient (Wildman–Crippen LogP) is 0.245. The average Bonchev–Trinajstić information content (AvgIpc) is 2.06. The molecule has 0 radical (unpaired) electrons. The Kier molecular flexibility index (Phi) is 2.50. The Morgan fingerprint density at radius 2 is 2.15 bits per heavy atom. The number of rotatable bonds is 0. The van der Waals surface area contributed by atoms with Crippen molar-refractivity contribution in [3.05, 3.63) is 29.6 Å². The Labute approximate surface area is 74.5 Å². The second-order valence-corrected chi connectivity index (χ2v) is 2.35. The van der Waals surface area contributed by atoms with Crippen LogP contribution in [0.5, 0.6) is 0 Å². The van der Waals surface area contributed by atoms with E-state index in [4.69, 9.17) is 11.5 Å². The summed E-state index contributed by atoms with van der Waals surface area (Å²) in [7, 11) is 0. The van der Waals surface area contributed by atoms with Gasteiger partial charge < -0.3 is 11.5 Å². The van der Waals surface area contributed by atoms with Crippen molar-refractivity contribution >= 4 is 11.6 Å². The normalized spacial score (nSPS) is 8.69. The summed E-state index contributed by atoms with van der Waals surface area (Å²) in [6.45, 7) is 0. The molecule has 0 fully saturated rings. The third-order valence-electron chi connectivity index (χ3n) is 1.34. The zero-order valence-corrected chi connectivity index (χ0v) is 6.67. The summed E-state index contributed by atoms with van der Waals surface area (Å²) in [5.41, 5.74) is 10.8. The molecule has 1 rings (SSSR count). The standard InChI is InChI=1S/C9H7FN2O/c10-7-2-3-8(11)6(5-7)1-4-9(12)13/h2-3,5H,11H2,(H2,12,13). The van der Waals surface area contributed by atoms with Crippen molar-refractivity contribution < 1.29 is 9.18 Å². The van der Waals surface area contributed by atoms with Crippen LogP contribution in [0.25, 0.3) is 0 Å². The van der Waals surface area contributed by atoms with Crippen LogP contribution in [-0.2, 0) is 4.79 Å². The summed E-state index contributed by atoms with van der Waals surface area (Å²) in [5, 5.41) is 0. The van der Waals surface area contributed by atoms with Crippen LogP contribution in [-0.4, -0.2) is 5.91 Å². The van der Waals surface area contributed by atoms with Crippen molar-refractivity contribution in [3.63, 3.8) is 0 Å². The second kappa shape index (κ2) is 3.59. The first kappa shape index (κ1) is 9.07. The quantitative estimate of drug-likeness (QED) is 0.441. The van der Waals surface area contributed by atoms with Crippen LogP contribution in [0.2, 0.25) is 0 Å². The molecule has 0 aliphatic rings. The van der Waals surface area contributed by atoms with E-state index < -0.39 is 11.7 Å². The zero-order valence-electron chi connectivity index (χ0n) is 6.67. The number of amides is 1. The van der Waals surface area contributed by atoms with Gasteiger partial charge in [0.15, 0.2) is 0 Å². The summed E-state index contributed by atoms with van der Waals surface area (Å²) in [4.78, 5) is 10.3. The molecule has 0 bridgehead atoms. The first-order chi connectivity index (χ1) is 6.09. The molecule has 0 aromatic heterocycles. The number of carbonyl (C=O) groups excluding carboxylic acids is 1. The van der Waals surface area contributed by atoms with Gasteiger partial charge in [-0.15, -0.1) is 0 Å². The predicted molar refractivity (Wildman–Crippen MR) is 46.9 cm³/mol. The summed E-state index contributed by atoms with van der Waals surface area (Å²) < 4.78 is 12.6. The van der Waals surface area contributed by atoms with Crippen molar-refractivity contribution in [1.29, 1.82) is 0 Å². The molecule has 0 aliphatic carbocycles. The third-order valence-corrected chi connectivity index (χ3v) is 1.34. The number of nitrogen functional groups attached to an aromatic ring is 1. The molecule has 4 heteroatoms.